The number of benzene rings is 13. The second kappa shape index (κ2) is 11.7. The standard InChI is InChI=1S/C60H29F3/c61-34-16-9-30(10-17-34)33-15-22-39-46(27-33)42-23-24-43-52(32-13-20-36(63)21-14-32)49-29-50-55-41-8-4-2-6-38(41)37-5-1-3-7-40(37)53(55)45-26-25-44-51(31-11-18-35(62)19-12-31)48-28-47(39)54(42)57(43)59(48)60(49)58(44)56(45)50/h1-29H. The molecule has 15 rings (SSSR count). The van der Waals surface area contributed by atoms with Gasteiger partial charge in [0.1, 0.15) is 17.5 Å². The van der Waals surface area contributed by atoms with Crippen LogP contribution in [-0.2, 0) is 0 Å². The molecule has 15 aromatic carbocycles. The summed E-state index contributed by atoms with van der Waals surface area (Å²) in [5.41, 5.74) is 6.03. The zero-order valence-corrected chi connectivity index (χ0v) is 33.4. The normalized spacial score (nSPS) is 12.7. The van der Waals surface area contributed by atoms with E-state index in [9.17, 15) is 13.2 Å². The van der Waals surface area contributed by atoms with Crippen LogP contribution >= 0.6 is 0 Å². The molecule has 15 aromatic rings. The zero-order valence-electron chi connectivity index (χ0n) is 33.4. The molecule has 0 bridgehead atoms. The molecule has 0 nitrogen and oxygen atoms in total. The summed E-state index contributed by atoms with van der Waals surface area (Å²) < 4.78 is 43.8. The van der Waals surface area contributed by atoms with Gasteiger partial charge in [-0.2, -0.15) is 0 Å². The summed E-state index contributed by atoms with van der Waals surface area (Å²) in [4.78, 5) is 0. The Hall–Kier alpha value is -8.01. The monoisotopic (exact) mass is 806 g/mol. The summed E-state index contributed by atoms with van der Waals surface area (Å²) >= 11 is 0. The smallest absolute Gasteiger partial charge is 0.123 e. The van der Waals surface area contributed by atoms with E-state index in [0.29, 0.717) is 0 Å². The molecule has 290 valence electrons. The van der Waals surface area contributed by atoms with Crippen molar-refractivity contribution in [3.8, 4) is 33.4 Å². The first-order valence-electron chi connectivity index (χ1n) is 21.4. The van der Waals surface area contributed by atoms with E-state index in [0.717, 1.165) is 76.5 Å². The molecule has 3 heteroatoms. The van der Waals surface area contributed by atoms with Crippen molar-refractivity contribution in [1.82, 2.24) is 0 Å². The number of hydrogen-bond donors (Lipinski definition) is 0. The lowest BCUT2D eigenvalue weighted by molar-refractivity contribution is 0.627. The number of halogens is 3. The highest BCUT2D eigenvalue weighted by atomic mass is 19.1. The molecule has 0 N–H and O–H groups in total. The molecule has 0 atom stereocenters. The summed E-state index contributed by atoms with van der Waals surface area (Å²) in [6, 6.07) is 58.7. The van der Waals surface area contributed by atoms with Crippen molar-refractivity contribution in [3.63, 3.8) is 0 Å². The molecule has 0 aromatic heterocycles. The minimum absolute atomic E-state index is 0.262. The maximum absolute atomic E-state index is 14.9. The maximum Gasteiger partial charge on any atom is 0.123 e. The van der Waals surface area contributed by atoms with Crippen molar-refractivity contribution in [1.29, 1.82) is 0 Å². The van der Waals surface area contributed by atoms with Crippen molar-refractivity contribution < 1.29 is 13.2 Å². The van der Waals surface area contributed by atoms with Gasteiger partial charge in [-0.15, -0.1) is 0 Å². The lowest BCUT2D eigenvalue weighted by Gasteiger charge is -2.24. The summed E-state index contributed by atoms with van der Waals surface area (Å²) in [6.45, 7) is 0. The molecule has 0 aliphatic rings. The highest BCUT2D eigenvalue weighted by molar-refractivity contribution is 6.53. The lowest BCUT2D eigenvalue weighted by Crippen LogP contribution is -1.96. The largest absolute Gasteiger partial charge is 0.207 e. The van der Waals surface area contributed by atoms with E-state index in [-0.39, 0.29) is 17.5 Å². The fourth-order valence-corrected chi connectivity index (χ4v) is 12.0. The van der Waals surface area contributed by atoms with E-state index in [1.165, 1.54) is 87.5 Å². The van der Waals surface area contributed by atoms with E-state index in [4.69, 9.17) is 0 Å². The minimum Gasteiger partial charge on any atom is -0.207 e. The Balaban J connectivity index is 1.24. The van der Waals surface area contributed by atoms with Crippen molar-refractivity contribution >= 4 is 118 Å². The molecule has 0 saturated heterocycles. The van der Waals surface area contributed by atoms with Crippen molar-refractivity contribution in [2.75, 3.05) is 0 Å². The Morgan fingerprint density at radius 2 is 0.540 bits per heavy atom. The van der Waals surface area contributed by atoms with Gasteiger partial charge in [0, 0.05) is 0 Å². The summed E-state index contributed by atoms with van der Waals surface area (Å²) in [7, 11) is 0. The molecule has 0 spiro atoms. The quantitative estimate of drug-likeness (QED) is 0.123. The maximum atomic E-state index is 14.9. The Bertz CT molecular complexity index is 4410. The van der Waals surface area contributed by atoms with Crippen LogP contribution < -0.4 is 0 Å². The molecule has 0 unspecified atom stereocenters. The van der Waals surface area contributed by atoms with Crippen LogP contribution in [0, 0.1) is 17.5 Å². The van der Waals surface area contributed by atoms with Crippen LogP contribution in [-0.4, -0.2) is 0 Å². The first kappa shape index (κ1) is 33.7. The van der Waals surface area contributed by atoms with Gasteiger partial charge in [-0.05, 0) is 206 Å². The molecular weight excluding hydrogens is 778 g/mol. The van der Waals surface area contributed by atoms with Crippen LogP contribution in [0.5, 0.6) is 0 Å². The molecule has 0 fully saturated rings. The third kappa shape index (κ3) is 4.17. The molecule has 0 aliphatic heterocycles. The number of fused-ring (bicyclic) bond motifs is 11. The predicted molar refractivity (Wildman–Crippen MR) is 260 cm³/mol. The minimum atomic E-state index is -0.276. The zero-order chi connectivity index (χ0) is 41.4. The van der Waals surface area contributed by atoms with Crippen LogP contribution in [0.4, 0.5) is 13.2 Å². The number of hydrogen-bond acceptors (Lipinski definition) is 0. The van der Waals surface area contributed by atoms with Gasteiger partial charge >= 0.3 is 0 Å². The average molecular weight is 807 g/mol. The predicted octanol–water partition coefficient (Wildman–Crippen LogP) is 17.5. The number of rotatable bonds is 3. The van der Waals surface area contributed by atoms with Crippen LogP contribution in [0.1, 0.15) is 0 Å². The third-order valence-corrected chi connectivity index (χ3v) is 14.4. The molecule has 0 heterocycles. The summed E-state index contributed by atoms with van der Waals surface area (Å²) in [5.74, 6) is -0.814. The second-order valence-electron chi connectivity index (χ2n) is 17.4. The van der Waals surface area contributed by atoms with Crippen LogP contribution in [0.2, 0.25) is 0 Å². The lowest BCUT2D eigenvalue weighted by atomic mass is 9.78. The van der Waals surface area contributed by atoms with E-state index in [1.54, 1.807) is 24.3 Å². The first-order valence-corrected chi connectivity index (χ1v) is 21.4. The SMILES string of the molecule is Fc1ccc(-c2ccc3c(c2)c2ccc4c(-c5ccc(F)cc5)c5cc6c7c8ccccc8c8ccccc8c7c7ccc8c(-c9ccc(F)cc9)c9cc3c2c4c9c5c8c76)cc1. The van der Waals surface area contributed by atoms with Crippen LogP contribution in [0.15, 0.2) is 176 Å². The molecular formula is C60H29F3. The van der Waals surface area contributed by atoms with Gasteiger partial charge in [0.15, 0.2) is 0 Å². The Morgan fingerprint density at radius 1 is 0.190 bits per heavy atom. The molecule has 63 heavy (non-hydrogen) atoms. The van der Waals surface area contributed by atoms with E-state index >= 15 is 0 Å². The van der Waals surface area contributed by atoms with Crippen molar-refractivity contribution in [2.24, 2.45) is 0 Å². The van der Waals surface area contributed by atoms with E-state index < -0.39 is 0 Å². The second-order valence-corrected chi connectivity index (χ2v) is 17.4. The third-order valence-electron chi connectivity index (χ3n) is 14.4. The molecule has 0 aliphatic carbocycles. The van der Waals surface area contributed by atoms with E-state index in [1.807, 2.05) is 36.4 Å². The molecule has 0 saturated carbocycles. The van der Waals surface area contributed by atoms with Gasteiger partial charge in [-0.1, -0.05) is 121 Å². The van der Waals surface area contributed by atoms with Crippen LogP contribution in [0.25, 0.3) is 152 Å². The average Bonchev–Trinajstić information content (AvgIpc) is 3.83. The Labute approximate surface area is 357 Å². The molecule has 0 amide bonds. The first-order chi connectivity index (χ1) is 31.0. The van der Waals surface area contributed by atoms with E-state index in [2.05, 4.69) is 103 Å². The fourth-order valence-electron chi connectivity index (χ4n) is 12.0. The fraction of sp³-hybridized carbons (Fsp3) is 0. The van der Waals surface area contributed by atoms with Gasteiger partial charge in [0.25, 0.3) is 0 Å². The van der Waals surface area contributed by atoms with Gasteiger partial charge in [0.2, 0.25) is 0 Å². The summed E-state index contributed by atoms with van der Waals surface area (Å²) in [5, 5.41) is 25.9. The highest BCUT2D eigenvalue weighted by Gasteiger charge is 2.30. The van der Waals surface area contributed by atoms with Gasteiger partial charge in [-0.3, -0.25) is 0 Å². The van der Waals surface area contributed by atoms with Crippen LogP contribution in [0.3, 0.4) is 0 Å². The van der Waals surface area contributed by atoms with Gasteiger partial charge in [0.05, 0.1) is 0 Å². The van der Waals surface area contributed by atoms with Crippen molar-refractivity contribution in [2.45, 2.75) is 0 Å². The summed E-state index contributed by atoms with van der Waals surface area (Å²) in [6.07, 6.45) is 0. The van der Waals surface area contributed by atoms with Gasteiger partial charge < -0.3 is 0 Å². The van der Waals surface area contributed by atoms with Gasteiger partial charge in [-0.25, -0.2) is 13.2 Å². The topological polar surface area (TPSA) is 0 Å². The molecule has 0 radical (unpaired) electrons. The Morgan fingerprint density at radius 3 is 1.10 bits per heavy atom. The Kier molecular flexibility index (Phi) is 6.24. The highest BCUT2D eigenvalue weighted by Crippen LogP contribution is 2.58. The van der Waals surface area contributed by atoms with Crippen molar-refractivity contribution in [3.05, 3.63) is 193 Å².